The molecular weight excluding hydrogens is 1620 g/mol. The Labute approximate surface area is 693 Å². The molecule has 0 spiro atoms. The van der Waals surface area contributed by atoms with Gasteiger partial charge in [-0.3, -0.25) is 48.5 Å². The van der Waals surface area contributed by atoms with Crippen LogP contribution >= 0.6 is 46.4 Å². The van der Waals surface area contributed by atoms with Crippen LogP contribution in [0.5, 0.6) is 11.5 Å². The molecule has 0 saturated heterocycles. The highest BCUT2D eigenvalue weighted by molar-refractivity contribution is 7.85. The minimum absolute atomic E-state index is 0.00704. The van der Waals surface area contributed by atoms with E-state index in [1.807, 2.05) is 137 Å². The number of nitriles is 1. The van der Waals surface area contributed by atoms with Crippen LogP contribution in [0.2, 0.25) is 20.1 Å². The van der Waals surface area contributed by atoms with Crippen LogP contribution in [0.15, 0.2) is 243 Å². The number of amides is 4. The number of nitrogens with zero attached hydrogens (tertiary/aromatic N) is 10. The average Bonchev–Trinajstić information content (AvgIpc) is 1.52. The summed E-state index contributed by atoms with van der Waals surface area (Å²) < 4.78 is 74.2. The van der Waals surface area contributed by atoms with E-state index in [0.29, 0.717) is 61.7 Å². The third-order valence-electron chi connectivity index (χ3n) is 19.8. The molecule has 16 rings (SSSR count). The summed E-state index contributed by atoms with van der Waals surface area (Å²) in [5, 5.41) is 14.6. The molecule has 578 valence electrons. The molecule has 1 N–H and O–H groups in total. The SMILES string of the molecule is O=S(=O)=O.[C-]#[N+]/C(c1cnc2cc(Cl)c(Cl)cc2n1)=c1\c2c(-c3ccc(OC(=O)c4ccc5c(c4)C(=O)N(CCC)C5=O)cc3)n(B(c3ccccc3)c3ccccc3)/c(=C(/C#N)c3cnc4cc(Cl)c(Cl)cc4n3)c2c(-c2ccc(OC(=O)c3ccc4c(c3)C(=O)N(CCCS(=O)(=O)O)C4=O)cc2)n1B(c1ccccc1)c1ccccc1. The number of benzene rings is 10. The van der Waals surface area contributed by atoms with Crippen LogP contribution < -0.4 is 42.0 Å². The first kappa shape index (κ1) is 79.7. The first-order valence-corrected chi connectivity index (χ1v) is 40.2. The molecule has 118 heavy (non-hydrogen) atoms. The highest BCUT2D eigenvalue weighted by atomic mass is 35.5. The lowest BCUT2D eigenvalue weighted by Gasteiger charge is -2.24. The van der Waals surface area contributed by atoms with Crippen molar-refractivity contribution in [2.24, 2.45) is 0 Å². The van der Waals surface area contributed by atoms with Crippen LogP contribution in [-0.4, -0.2) is 132 Å². The van der Waals surface area contributed by atoms with Crippen LogP contribution in [0.3, 0.4) is 0 Å². The molecule has 0 saturated carbocycles. The van der Waals surface area contributed by atoms with E-state index in [2.05, 4.69) is 10.9 Å². The van der Waals surface area contributed by atoms with E-state index < -0.39 is 75.7 Å². The summed E-state index contributed by atoms with van der Waals surface area (Å²) in [5.41, 5.74) is 5.80. The molecule has 0 radical (unpaired) electrons. The first-order chi connectivity index (χ1) is 56.9. The summed E-state index contributed by atoms with van der Waals surface area (Å²) in [6.07, 6.45) is 3.24. The van der Waals surface area contributed by atoms with Crippen LogP contribution in [0.1, 0.15) is 93.3 Å². The van der Waals surface area contributed by atoms with Gasteiger partial charge in [-0.15, -0.1) is 12.6 Å². The Balaban J connectivity index is 0.00000266. The molecule has 10 aromatic carbocycles. The maximum atomic E-state index is 14.5. The summed E-state index contributed by atoms with van der Waals surface area (Å²) in [7, 11) is -7.52. The Kier molecular flexibility index (Phi) is 22.5. The number of ether oxygens (including phenoxy) is 2. The predicted octanol–water partition coefficient (Wildman–Crippen LogP) is 11.7. The van der Waals surface area contributed by atoms with Gasteiger partial charge in [-0.2, -0.15) is 13.7 Å². The second-order valence-electron chi connectivity index (χ2n) is 27.0. The van der Waals surface area contributed by atoms with E-state index in [1.165, 1.54) is 48.8 Å². The molecule has 0 bridgehead atoms. The molecule has 32 heteroatoms. The summed E-state index contributed by atoms with van der Waals surface area (Å²) in [6.45, 7) is 9.70. The number of imide groups is 2. The van der Waals surface area contributed by atoms with Gasteiger partial charge < -0.3 is 18.4 Å². The van der Waals surface area contributed by atoms with E-state index in [-0.39, 0.29) is 129 Å². The highest BCUT2D eigenvalue weighted by Crippen LogP contribution is 2.40. The number of hydrogen-bond donors (Lipinski definition) is 1. The Hall–Kier alpha value is -13.5. The summed E-state index contributed by atoms with van der Waals surface area (Å²) in [6, 6.07) is 68.6. The number of fused-ring (bicyclic) bond motifs is 5. The maximum Gasteiger partial charge on any atom is 0.425 e. The van der Waals surface area contributed by atoms with E-state index in [1.54, 1.807) is 72.8 Å². The van der Waals surface area contributed by atoms with Crippen molar-refractivity contribution in [2.75, 3.05) is 18.8 Å². The van der Waals surface area contributed by atoms with Crippen molar-refractivity contribution in [1.82, 2.24) is 38.7 Å². The fraction of sp³-hybridized carbons (Fsp3) is 0.0698. The molecule has 2 aliphatic heterocycles. The molecule has 4 aromatic heterocycles. The molecule has 6 heterocycles. The Morgan fingerprint density at radius 3 is 1.26 bits per heavy atom. The summed E-state index contributed by atoms with van der Waals surface area (Å²) >= 11 is 26.9. The number of esters is 2. The number of carbonyl (C=O) groups is 6. The lowest BCUT2D eigenvalue weighted by molar-refractivity contribution is 0.0639. The largest absolute Gasteiger partial charge is 0.425 e. The van der Waals surface area contributed by atoms with Crippen molar-refractivity contribution >= 4 is 182 Å². The molecule has 0 atom stereocenters. The number of hydrogen-bond acceptors (Lipinski definition) is 18. The standard InChI is InChI=1S/C86H54B2Cl4N10O11S.O3S/c1-3-37-99-81(103)59-35-29-51(40-61(59)83(99)105)85(107)113-58-33-27-50(28-34-58)78-75-74(79(63(46-93)72-47-95-68-42-64(89)66(91)44-70(68)97-72)101(78)87(53-17-8-4-9-18-53)54-19-10-5-11-20-54)77(49-25-31-57(32-26-49)112-86(108)52-30-36-60-62(41-52)84(106)100(82(60)104)38-16-39-114(109,110)111)102(88(55-21-12-6-13-22-55)56-23-14-7-15-24-56)80(75)76(94-2)73-48-96-69-43-65(90)67(92)45-71(69)98-73;1-4(2)3/h4-15,17-36,40-45,47-48H,3,16,37-39H2,1H3,(H,109,110,111);/b79-63-,80-76+;. The van der Waals surface area contributed by atoms with Gasteiger partial charge in [0.05, 0.1) is 105 Å². The van der Waals surface area contributed by atoms with Gasteiger partial charge in [0, 0.05) is 46.8 Å². The van der Waals surface area contributed by atoms with Crippen molar-refractivity contribution in [3.63, 3.8) is 0 Å². The molecule has 2 aliphatic rings. The number of aromatic nitrogens is 6. The van der Waals surface area contributed by atoms with Crippen molar-refractivity contribution in [2.45, 2.75) is 19.8 Å². The van der Waals surface area contributed by atoms with Gasteiger partial charge in [0.15, 0.2) is 0 Å². The van der Waals surface area contributed by atoms with Gasteiger partial charge in [-0.1, -0.05) is 197 Å². The summed E-state index contributed by atoms with van der Waals surface area (Å²) in [4.78, 5) is 110. The first-order valence-electron chi connectivity index (χ1n) is 36.1. The lowest BCUT2D eigenvalue weighted by atomic mass is 9.50. The fourth-order valence-corrected chi connectivity index (χ4v) is 15.9. The van der Waals surface area contributed by atoms with E-state index in [9.17, 15) is 53.6 Å². The monoisotopic (exact) mass is 1680 g/mol. The molecule has 0 fully saturated rings. The van der Waals surface area contributed by atoms with Gasteiger partial charge in [0.1, 0.15) is 28.8 Å². The molecular formula is C86H54B2Cl4N10O14S2. The highest BCUT2D eigenvalue weighted by Gasteiger charge is 2.41. The molecule has 0 aliphatic carbocycles. The number of halogens is 4. The van der Waals surface area contributed by atoms with Crippen molar-refractivity contribution in [3.05, 3.63) is 330 Å². The van der Waals surface area contributed by atoms with Gasteiger partial charge in [-0.05, 0) is 133 Å². The van der Waals surface area contributed by atoms with Crippen molar-refractivity contribution in [3.8, 4) is 40.1 Å². The zero-order valence-electron chi connectivity index (χ0n) is 61.3. The molecule has 0 unspecified atom stereocenters. The smallest absolute Gasteiger partial charge is 0.423 e. The Morgan fingerprint density at radius 1 is 0.508 bits per heavy atom. The van der Waals surface area contributed by atoms with Crippen molar-refractivity contribution in [1.29, 1.82) is 5.26 Å². The minimum atomic E-state index is -4.40. The third kappa shape index (κ3) is 15.5. The average molecular weight is 1680 g/mol. The van der Waals surface area contributed by atoms with Crippen LogP contribution in [0.25, 0.3) is 71.5 Å². The van der Waals surface area contributed by atoms with E-state index >= 15 is 0 Å². The number of rotatable bonds is 20. The fourth-order valence-electron chi connectivity index (χ4n) is 14.8. The van der Waals surface area contributed by atoms with Gasteiger partial charge in [-0.25, -0.2) is 19.4 Å². The zero-order valence-corrected chi connectivity index (χ0v) is 66.0. The van der Waals surface area contributed by atoms with Crippen LogP contribution in [0, 0.1) is 17.9 Å². The second kappa shape index (κ2) is 33.4. The quantitative estimate of drug-likeness (QED) is 0.0185. The van der Waals surface area contributed by atoms with Gasteiger partial charge in [0.25, 0.3) is 33.7 Å². The van der Waals surface area contributed by atoms with E-state index in [0.717, 1.165) is 20.7 Å². The van der Waals surface area contributed by atoms with Gasteiger partial charge in [0.2, 0.25) is 5.70 Å². The molecule has 14 aromatic rings. The minimum Gasteiger partial charge on any atom is -0.423 e. The molecule has 4 amide bonds. The van der Waals surface area contributed by atoms with Crippen LogP contribution in [-0.2, 0) is 20.7 Å². The topological polar surface area (TPSA) is 323 Å². The van der Waals surface area contributed by atoms with Crippen molar-refractivity contribution < 1.29 is 63.8 Å². The summed E-state index contributed by atoms with van der Waals surface area (Å²) in [5.74, 6) is -4.85. The predicted molar refractivity (Wildman–Crippen MR) is 448 cm³/mol. The Morgan fingerprint density at radius 2 is 0.873 bits per heavy atom. The number of carbonyl (C=O) groups excluding carboxylic acids is 6. The maximum absolute atomic E-state index is 14.5. The zero-order chi connectivity index (χ0) is 83.0. The second-order valence-corrected chi connectivity index (χ2v) is 30.6. The van der Waals surface area contributed by atoms with Crippen LogP contribution in [0.4, 0.5) is 0 Å². The molecule has 24 nitrogen and oxygen atoms in total. The lowest BCUT2D eigenvalue weighted by Crippen LogP contribution is -2.54. The normalized spacial score (nSPS) is 12.8. The Bertz CT molecular complexity index is 6690. The van der Waals surface area contributed by atoms with E-state index in [4.69, 9.17) is 88.4 Å². The third-order valence-corrected chi connectivity index (χ3v) is 22.1. The van der Waals surface area contributed by atoms with Gasteiger partial charge >= 0.3 is 36.2 Å².